The minimum absolute atomic E-state index is 0.218. The average molecular weight is 528 g/mol. The lowest BCUT2D eigenvalue weighted by Gasteiger charge is -2.33. The van der Waals surface area contributed by atoms with E-state index in [1.165, 1.54) is 22.9 Å². The first-order valence-electron chi connectivity index (χ1n) is 11.5. The zero-order chi connectivity index (χ0) is 23.9. The molecule has 3 aromatic rings. The van der Waals surface area contributed by atoms with Crippen LogP contribution < -0.4 is 10.2 Å². The molecule has 0 saturated carbocycles. The van der Waals surface area contributed by atoms with Gasteiger partial charge in [0.1, 0.15) is 5.03 Å². The average Bonchev–Trinajstić information content (AvgIpc) is 3.40. The maximum Gasteiger partial charge on any atom is 0.263 e. The molecule has 1 aromatic heterocycles. The summed E-state index contributed by atoms with van der Waals surface area (Å²) in [5.74, 6) is 0.612. The van der Waals surface area contributed by atoms with Gasteiger partial charge in [0.15, 0.2) is 0 Å². The molecule has 1 unspecified atom stereocenters. The van der Waals surface area contributed by atoms with E-state index in [1.54, 1.807) is 29.3 Å². The summed E-state index contributed by atoms with van der Waals surface area (Å²) in [6.45, 7) is 3.68. The van der Waals surface area contributed by atoms with Crippen LogP contribution >= 0.6 is 35.0 Å². The van der Waals surface area contributed by atoms with Gasteiger partial charge in [0.2, 0.25) is 5.95 Å². The number of benzene rings is 2. The molecule has 7 nitrogen and oxygen atoms in total. The third-order valence-electron chi connectivity index (χ3n) is 6.69. The van der Waals surface area contributed by atoms with Crippen LogP contribution in [0.2, 0.25) is 10.0 Å². The molecule has 1 fully saturated rings. The molecule has 2 aromatic carbocycles. The number of hydrogen-bond donors (Lipinski definition) is 1. The number of carbonyl (C=O) groups excluding carboxylic acids is 1. The fourth-order valence-corrected chi connectivity index (χ4v) is 6.38. The van der Waals surface area contributed by atoms with Gasteiger partial charge in [-0.2, -0.15) is 0 Å². The van der Waals surface area contributed by atoms with Crippen molar-refractivity contribution in [2.75, 3.05) is 35.9 Å². The molecule has 0 aliphatic carbocycles. The van der Waals surface area contributed by atoms with E-state index < -0.39 is 0 Å². The van der Waals surface area contributed by atoms with Gasteiger partial charge in [0.25, 0.3) is 5.91 Å². The van der Waals surface area contributed by atoms with Gasteiger partial charge in [-0.1, -0.05) is 47.1 Å². The molecular weight excluding hydrogens is 505 g/mol. The predicted octanol–water partition coefficient (Wildman–Crippen LogP) is 5.38. The minimum Gasteiger partial charge on any atom is -0.380 e. The Kier molecular flexibility index (Phi) is 6.32. The largest absolute Gasteiger partial charge is 0.380 e. The Hall–Kier alpha value is -2.36. The second kappa shape index (κ2) is 9.59. The number of hydrogen-bond acceptors (Lipinski definition) is 7. The Morgan fingerprint density at radius 1 is 1.14 bits per heavy atom. The molecule has 4 heterocycles. The van der Waals surface area contributed by atoms with Crippen LogP contribution in [0.3, 0.4) is 0 Å². The van der Waals surface area contributed by atoms with Gasteiger partial charge in [-0.25, -0.2) is 9.97 Å². The van der Waals surface area contributed by atoms with Crippen molar-refractivity contribution in [3.05, 3.63) is 69.3 Å². The highest BCUT2D eigenvalue weighted by Crippen LogP contribution is 2.39. The quantitative estimate of drug-likeness (QED) is 0.456. The van der Waals surface area contributed by atoms with Crippen molar-refractivity contribution in [2.45, 2.75) is 30.5 Å². The van der Waals surface area contributed by atoms with Crippen molar-refractivity contribution in [1.29, 1.82) is 0 Å². The van der Waals surface area contributed by atoms with Crippen molar-refractivity contribution < 1.29 is 9.53 Å². The van der Waals surface area contributed by atoms with Crippen LogP contribution in [0.1, 0.15) is 27.9 Å². The molecule has 0 spiro atoms. The number of nitrogens with one attached hydrogen (secondary N) is 1. The summed E-state index contributed by atoms with van der Waals surface area (Å²) in [4.78, 5) is 26.3. The van der Waals surface area contributed by atoms with Crippen molar-refractivity contribution in [3.63, 3.8) is 0 Å². The third-order valence-corrected chi connectivity index (χ3v) is 8.28. The van der Waals surface area contributed by atoms with Crippen LogP contribution in [-0.2, 0) is 17.7 Å². The van der Waals surface area contributed by atoms with Gasteiger partial charge in [0, 0.05) is 37.6 Å². The van der Waals surface area contributed by atoms with Crippen LogP contribution in [0.25, 0.3) is 0 Å². The number of para-hydroxylation sites is 1. The van der Waals surface area contributed by atoms with Crippen molar-refractivity contribution in [1.82, 2.24) is 14.9 Å². The topological polar surface area (TPSA) is 70.6 Å². The first-order chi connectivity index (χ1) is 17.1. The van der Waals surface area contributed by atoms with E-state index in [-0.39, 0.29) is 5.91 Å². The van der Waals surface area contributed by atoms with Gasteiger partial charge in [-0.3, -0.25) is 14.6 Å². The highest BCUT2D eigenvalue weighted by Gasteiger charge is 2.31. The lowest BCUT2D eigenvalue weighted by molar-refractivity contribution is 0.0985. The highest BCUT2D eigenvalue weighted by atomic mass is 35.5. The van der Waals surface area contributed by atoms with Crippen molar-refractivity contribution in [2.24, 2.45) is 0 Å². The molecule has 10 heteroatoms. The molecule has 35 heavy (non-hydrogen) atoms. The van der Waals surface area contributed by atoms with Crippen LogP contribution in [-0.4, -0.2) is 52.5 Å². The predicted molar refractivity (Wildman–Crippen MR) is 139 cm³/mol. The summed E-state index contributed by atoms with van der Waals surface area (Å²) < 4.78 is 5.58. The Labute approximate surface area is 217 Å². The third kappa shape index (κ3) is 4.49. The van der Waals surface area contributed by atoms with E-state index in [0.717, 1.165) is 44.8 Å². The van der Waals surface area contributed by atoms with Crippen LogP contribution in [0.15, 0.2) is 47.6 Å². The molecule has 1 atom stereocenters. The number of carbonyl (C=O) groups is 1. The van der Waals surface area contributed by atoms with E-state index in [1.807, 2.05) is 0 Å². The molecule has 1 saturated heterocycles. The molecule has 3 aliphatic rings. The fourth-order valence-electron chi connectivity index (χ4n) is 4.83. The first kappa shape index (κ1) is 23.1. The summed E-state index contributed by atoms with van der Waals surface area (Å²) in [6.07, 6.45) is 3.72. The number of nitrogens with zero attached hydrogens (tertiary/aromatic N) is 4. The number of ether oxygens (including phenoxy) is 1. The minimum atomic E-state index is -0.218. The zero-order valence-electron chi connectivity index (χ0n) is 18.8. The summed E-state index contributed by atoms with van der Waals surface area (Å²) in [5, 5.41) is 4.82. The first-order valence-corrected chi connectivity index (χ1v) is 13.3. The monoisotopic (exact) mass is 527 g/mol. The number of rotatable bonds is 4. The van der Waals surface area contributed by atoms with Gasteiger partial charge < -0.3 is 10.1 Å². The summed E-state index contributed by atoms with van der Waals surface area (Å²) in [6, 6.07) is 12.1. The molecule has 1 amide bonds. The van der Waals surface area contributed by atoms with Crippen LogP contribution in [0.5, 0.6) is 0 Å². The SMILES string of the molecule is O=C1c2cnc(Nc3ccc4c(c3)CN(C3CCOC3)CC4)nc2SCN1c1c(Cl)cccc1Cl. The van der Waals surface area contributed by atoms with Gasteiger partial charge in [-0.05, 0) is 48.2 Å². The van der Waals surface area contributed by atoms with Gasteiger partial charge >= 0.3 is 0 Å². The fraction of sp³-hybridized carbons (Fsp3) is 0.320. The molecular formula is C25H23Cl2N5O2S. The molecule has 180 valence electrons. The zero-order valence-corrected chi connectivity index (χ0v) is 21.2. The molecule has 0 bridgehead atoms. The van der Waals surface area contributed by atoms with Crippen molar-refractivity contribution >= 4 is 58.2 Å². The molecule has 1 N–H and O–H groups in total. The summed E-state index contributed by atoms with van der Waals surface area (Å²) in [5.41, 5.74) is 4.58. The standard InChI is InChI=1S/C25H23Cl2N5O2S/c26-20-2-1-3-21(27)22(20)32-14-35-23-19(24(32)33)11-28-25(30-23)29-17-5-4-15-6-8-31(12-16(15)10-17)18-7-9-34-13-18/h1-5,10-11,18H,6-9,12-14H2,(H,28,29,30). The Balaban J connectivity index is 1.20. The Morgan fingerprint density at radius 2 is 2.00 bits per heavy atom. The number of halogens is 2. The van der Waals surface area contributed by atoms with Crippen LogP contribution in [0.4, 0.5) is 17.3 Å². The number of anilines is 3. The van der Waals surface area contributed by atoms with E-state index in [9.17, 15) is 4.79 Å². The van der Waals surface area contributed by atoms with E-state index in [0.29, 0.717) is 44.2 Å². The number of aromatic nitrogens is 2. The Bertz CT molecular complexity index is 1280. The smallest absolute Gasteiger partial charge is 0.263 e. The van der Waals surface area contributed by atoms with Gasteiger partial charge in [0.05, 0.1) is 33.8 Å². The van der Waals surface area contributed by atoms with E-state index >= 15 is 0 Å². The summed E-state index contributed by atoms with van der Waals surface area (Å²) >= 11 is 14.1. The molecule has 0 radical (unpaired) electrons. The lowest BCUT2D eigenvalue weighted by atomic mass is 9.97. The molecule has 6 rings (SSSR count). The van der Waals surface area contributed by atoms with Crippen molar-refractivity contribution in [3.8, 4) is 0 Å². The van der Waals surface area contributed by atoms with Gasteiger partial charge in [-0.15, -0.1) is 0 Å². The van der Waals surface area contributed by atoms with Crippen LogP contribution in [0, 0.1) is 0 Å². The molecule has 3 aliphatic heterocycles. The highest BCUT2D eigenvalue weighted by molar-refractivity contribution is 7.99. The Morgan fingerprint density at radius 3 is 2.80 bits per heavy atom. The second-order valence-electron chi connectivity index (χ2n) is 8.84. The maximum absolute atomic E-state index is 13.2. The number of fused-ring (bicyclic) bond motifs is 2. The normalized spacial score (nSPS) is 20.0. The number of thioether (sulfide) groups is 1. The lowest BCUT2D eigenvalue weighted by Crippen LogP contribution is -2.39. The second-order valence-corrected chi connectivity index (χ2v) is 10.6. The number of amides is 1. The van der Waals surface area contributed by atoms with E-state index in [2.05, 4.69) is 38.4 Å². The maximum atomic E-state index is 13.2. The summed E-state index contributed by atoms with van der Waals surface area (Å²) in [7, 11) is 0. The van der Waals surface area contributed by atoms with E-state index in [4.69, 9.17) is 27.9 Å².